The molecule has 1 saturated heterocycles. The summed E-state index contributed by atoms with van der Waals surface area (Å²) in [6.07, 6.45) is 4.57. The van der Waals surface area contributed by atoms with Gasteiger partial charge in [0.25, 0.3) is 0 Å². The Morgan fingerprint density at radius 3 is 2.70 bits per heavy atom. The van der Waals surface area contributed by atoms with Crippen molar-refractivity contribution < 1.29 is 4.39 Å². The minimum atomic E-state index is -0.178. The number of guanidine groups is 1. The second-order valence-electron chi connectivity index (χ2n) is 6.34. The number of nitrogens with zero attached hydrogens (tertiary/aromatic N) is 2. The SMILES string of the molecule is CN=C(NCCc1cccc(F)c1)NCCC1CCN(C)CC1. The highest BCUT2D eigenvalue weighted by Crippen LogP contribution is 2.18. The number of hydrogen-bond donors (Lipinski definition) is 2. The third-order valence-corrected chi connectivity index (χ3v) is 4.50. The van der Waals surface area contributed by atoms with Crippen LogP contribution in [0, 0.1) is 11.7 Å². The molecule has 5 heteroatoms. The topological polar surface area (TPSA) is 39.7 Å². The lowest BCUT2D eigenvalue weighted by molar-refractivity contribution is 0.213. The molecule has 0 amide bonds. The fourth-order valence-corrected chi connectivity index (χ4v) is 2.98. The summed E-state index contributed by atoms with van der Waals surface area (Å²) in [5.41, 5.74) is 0.999. The van der Waals surface area contributed by atoms with Gasteiger partial charge in [-0.2, -0.15) is 0 Å². The molecule has 2 rings (SSSR count). The quantitative estimate of drug-likeness (QED) is 0.624. The first-order valence-electron chi connectivity index (χ1n) is 8.55. The van der Waals surface area contributed by atoms with Crippen molar-refractivity contribution in [2.45, 2.75) is 25.7 Å². The van der Waals surface area contributed by atoms with E-state index in [0.717, 1.165) is 37.0 Å². The standard InChI is InChI=1S/C18H29FN4/c1-20-18(21-10-6-15-8-12-23(2)13-9-15)22-11-7-16-4-3-5-17(19)14-16/h3-5,14-15H,6-13H2,1-2H3,(H2,20,21,22). The summed E-state index contributed by atoms with van der Waals surface area (Å²) in [5.74, 6) is 1.47. The van der Waals surface area contributed by atoms with Gasteiger partial charge in [0, 0.05) is 20.1 Å². The van der Waals surface area contributed by atoms with Crippen LogP contribution in [0.3, 0.4) is 0 Å². The van der Waals surface area contributed by atoms with E-state index in [4.69, 9.17) is 0 Å². The van der Waals surface area contributed by atoms with E-state index in [9.17, 15) is 4.39 Å². The zero-order chi connectivity index (χ0) is 16.5. The summed E-state index contributed by atoms with van der Waals surface area (Å²) in [6, 6.07) is 6.75. The van der Waals surface area contributed by atoms with Gasteiger partial charge in [0.05, 0.1) is 0 Å². The van der Waals surface area contributed by atoms with Crippen molar-refractivity contribution in [3.8, 4) is 0 Å². The van der Waals surface area contributed by atoms with E-state index < -0.39 is 0 Å². The predicted molar refractivity (Wildman–Crippen MR) is 94.3 cm³/mol. The molecule has 128 valence electrons. The molecule has 0 aliphatic carbocycles. The van der Waals surface area contributed by atoms with Crippen LogP contribution in [0.4, 0.5) is 4.39 Å². The second-order valence-corrected chi connectivity index (χ2v) is 6.34. The van der Waals surface area contributed by atoms with Gasteiger partial charge in [-0.3, -0.25) is 4.99 Å². The largest absolute Gasteiger partial charge is 0.356 e. The highest BCUT2D eigenvalue weighted by atomic mass is 19.1. The number of aliphatic imine (C=N–C) groups is 1. The van der Waals surface area contributed by atoms with Gasteiger partial charge in [-0.1, -0.05) is 12.1 Å². The van der Waals surface area contributed by atoms with E-state index >= 15 is 0 Å². The minimum Gasteiger partial charge on any atom is -0.356 e. The summed E-state index contributed by atoms with van der Waals surface area (Å²) in [5, 5.41) is 6.67. The number of likely N-dealkylation sites (tertiary alicyclic amines) is 1. The van der Waals surface area contributed by atoms with E-state index in [1.807, 2.05) is 6.07 Å². The van der Waals surface area contributed by atoms with Gasteiger partial charge in [-0.25, -0.2) is 4.39 Å². The molecule has 0 atom stereocenters. The molecular weight excluding hydrogens is 291 g/mol. The third-order valence-electron chi connectivity index (χ3n) is 4.50. The Labute approximate surface area is 139 Å². The molecule has 4 nitrogen and oxygen atoms in total. The van der Waals surface area contributed by atoms with Crippen molar-refractivity contribution in [3.63, 3.8) is 0 Å². The lowest BCUT2D eigenvalue weighted by atomic mass is 9.94. The Kier molecular flexibility index (Phi) is 7.33. The van der Waals surface area contributed by atoms with Crippen LogP contribution in [0.15, 0.2) is 29.3 Å². The lowest BCUT2D eigenvalue weighted by Gasteiger charge is -2.29. The molecule has 1 aliphatic heterocycles. The molecule has 2 N–H and O–H groups in total. The monoisotopic (exact) mass is 320 g/mol. The number of nitrogens with one attached hydrogen (secondary N) is 2. The first kappa shape index (κ1) is 17.7. The molecule has 0 spiro atoms. The molecule has 0 radical (unpaired) electrons. The molecule has 23 heavy (non-hydrogen) atoms. The zero-order valence-corrected chi connectivity index (χ0v) is 14.3. The summed E-state index contributed by atoms with van der Waals surface area (Å²) >= 11 is 0. The predicted octanol–water partition coefficient (Wildman–Crippen LogP) is 2.27. The Balaban J connectivity index is 1.62. The Morgan fingerprint density at radius 2 is 2.00 bits per heavy atom. The van der Waals surface area contributed by atoms with E-state index in [2.05, 4.69) is 27.6 Å². The van der Waals surface area contributed by atoms with Crippen molar-refractivity contribution >= 4 is 5.96 Å². The summed E-state index contributed by atoms with van der Waals surface area (Å²) in [4.78, 5) is 6.64. The molecule has 0 unspecified atom stereocenters. The summed E-state index contributed by atoms with van der Waals surface area (Å²) in [7, 11) is 3.98. The van der Waals surface area contributed by atoms with Crippen molar-refractivity contribution in [1.82, 2.24) is 15.5 Å². The van der Waals surface area contributed by atoms with Crippen LogP contribution >= 0.6 is 0 Å². The molecule has 1 aromatic carbocycles. The van der Waals surface area contributed by atoms with Gasteiger partial charge in [0.15, 0.2) is 5.96 Å². The van der Waals surface area contributed by atoms with Crippen LogP contribution in [0.1, 0.15) is 24.8 Å². The maximum absolute atomic E-state index is 13.1. The number of hydrogen-bond acceptors (Lipinski definition) is 2. The molecule has 0 aromatic heterocycles. The highest BCUT2D eigenvalue weighted by molar-refractivity contribution is 5.79. The Bertz CT molecular complexity index is 496. The molecule has 1 aromatic rings. The van der Waals surface area contributed by atoms with Gasteiger partial charge in [0.2, 0.25) is 0 Å². The maximum atomic E-state index is 13.1. The number of rotatable bonds is 6. The van der Waals surface area contributed by atoms with Crippen molar-refractivity contribution in [3.05, 3.63) is 35.6 Å². The summed E-state index contributed by atoms with van der Waals surface area (Å²) in [6.45, 7) is 4.13. The van der Waals surface area contributed by atoms with Gasteiger partial charge in [-0.15, -0.1) is 0 Å². The van der Waals surface area contributed by atoms with Crippen LogP contribution < -0.4 is 10.6 Å². The zero-order valence-electron chi connectivity index (χ0n) is 14.3. The number of piperidine rings is 1. The smallest absolute Gasteiger partial charge is 0.190 e. The highest BCUT2D eigenvalue weighted by Gasteiger charge is 2.16. The van der Waals surface area contributed by atoms with Gasteiger partial charge in [0.1, 0.15) is 5.82 Å². The van der Waals surface area contributed by atoms with Crippen LogP contribution in [-0.2, 0) is 6.42 Å². The lowest BCUT2D eigenvalue weighted by Crippen LogP contribution is -2.39. The Hall–Kier alpha value is -1.62. The van der Waals surface area contributed by atoms with Crippen molar-refractivity contribution in [1.29, 1.82) is 0 Å². The third kappa shape index (κ3) is 6.57. The maximum Gasteiger partial charge on any atom is 0.190 e. The van der Waals surface area contributed by atoms with Crippen molar-refractivity contribution in [2.75, 3.05) is 40.3 Å². The minimum absolute atomic E-state index is 0.178. The Morgan fingerprint density at radius 1 is 1.26 bits per heavy atom. The first-order valence-corrected chi connectivity index (χ1v) is 8.55. The van der Waals surface area contributed by atoms with Gasteiger partial charge >= 0.3 is 0 Å². The molecule has 0 saturated carbocycles. The first-order chi connectivity index (χ1) is 11.2. The fraction of sp³-hybridized carbons (Fsp3) is 0.611. The van der Waals surface area contributed by atoms with Crippen LogP contribution in [0.2, 0.25) is 0 Å². The summed E-state index contributed by atoms with van der Waals surface area (Å²) < 4.78 is 13.1. The molecule has 0 bridgehead atoms. The van der Waals surface area contributed by atoms with E-state index in [-0.39, 0.29) is 5.82 Å². The average Bonchev–Trinajstić information content (AvgIpc) is 2.55. The molecule has 1 fully saturated rings. The van der Waals surface area contributed by atoms with Crippen LogP contribution in [-0.4, -0.2) is 51.1 Å². The van der Waals surface area contributed by atoms with Gasteiger partial charge in [-0.05, 0) is 69.4 Å². The van der Waals surface area contributed by atoms with E-state index in [1.165, 1.54) is 38.4 Å². The van der Waals surface area contributed by atoms with Crippen LogP contribution in [0.25, 0.3) is 0 Å². The second kappa shape index (κ2) is 9.50. The molecular formula is C18H29FN4. The average molecular weight is 320 g/mol. The number of halogens is 1. The molecule has 1 aliphatic rings. The van der Waals surface area contributed by atoms with Crippen molar-refractivity contribution in [2.24, 2.45) is 10.9 Å². The normalized spacial score (nSPS) is 17.3. The fourth-order valence-electron chi connectivity index (χ4n) is 2.98. The molecule has 1 heterocycles. The number of benzene rings is 1. The van der Waals surface area contributed by atoms with Gasteiger partial charge < -0.3 is 15.5 Å². The van der Waals surface area contributed by atoms with Crippen LogP contribution in [0.5, 0.6) is 0 Å². The van der Waals surface area contributed by atoms with E-state index in [0.29, 0.717) is 0 Å². The van der Waals surface area contributed by atoms with E-state index in [1.54, 1.807) is 19.2 Å².